The van der Waals surface area contributed by atoms with E-state index < -0.39 is 5.82 Å². The van der Waals surface area contributed by atoms with Crippen molar-refractivity contribution < 1.29 is 23.8 Å². The van der Waals surface area contributed by atoms with Crippen molar-refractivity contribution >= 4 is 34.2 Å². The Morgan fingerprint density at radius 1 is 0.925 bits per heavy atom. The first-order valence-electron chi connectivity index (χ1n) is 17.8. The number of aromatic nitrogens is 3. The van der Waals surface area contributed by atoms with Crippen LogP contribution in [0.15, 0.2) is 97.3 Å². The Morgan fingerprint density at radius 2 is 1.68 bits per heavy atom. The van der Waals surface area contributed by atoms with Gasteiger partial charge in [-0.25, -0.2) is 9.37 Å². The zero-order chi connectivity index (χ0) is 36.8. The number of phenolic OH excluding ortho intramolecular Hbond substituents is 1. The van der Waals surface area contributed by atoms with Crippen molar-refractivity contribution in [2.24, 2.45) is 14.1 Å². The summed E-state index contributed by atoms with van der Waals surface area (Å²) in [4.78, 5) is 40.0. The van der Waals surface area contributed by atoms with E-state index in [0.29, 0.717) is 72.2 Å². The lowest BCUT2D eigenvalue weighted by atomic mass is 9.92. The van der Waals surface area contributed by atoms with E-state index in [1.54, 1.807) is 35.4 Å². The average Bonchev–Trinajstić information content (AvgIpc) is 3.69. The summed E-state index contributed by atoms with van der Waals surface area (Å²) in [5.41, 5.74) is 6.52. The van der Waals surface area contributed by atoms with E-state index in [1.165, 1.54) is 29.8 Å². The number of rotatable bonds is 7. The Hall–Kier alpha value is -5.78. The second kappa shape index (κ2) is 14.0. The number of morpholine rings is 1. The van der Waals surface area contributed by atoms with Gasteiger partial charge < -0.3 is 23.9 Å². The highest BCUT2D eigenvalue weighted by Gasteiger charge is 2.34. The van der Waals surface area contributed by atoms with Gasteiger partial charge in [0.15, 0.2) is 0 Å². The van der Waals surface area contributed by atoms with Crippen molar-refractivity contribution in [2.75, 3.05) is 37.7 Å². The maximum atomic E-state index is 15.2. The molecule has 5 heterocycles. The molecule has 0 radical (unpaired) electrons. The van der Waals surface area contributed by atoms with Crippen LogP contribution in [0.3, 0.4) is 0 Å². The number of phenols is 1. The molecule has 2 aliphatic heterocycles. The van der Waals surface area contributed by atoms with E-state index in [-0.39, 0.29) is 23.6 Å². The quantitative estimate of drug-likeness (QED) is 0.200. The first kappa shape index (κ1) is 34.3. The van der Waals surface area contributed by atoms with Gasteiger partial charge in [0, 0.05) is 86.1 Å². The maximum absolute atomic E-state index is 15.2. The van der Waals surface area contributed by atoms with Crippen molar-refractivity contribution in [3.8, 4) is 17.0 Å². The normalized spacial score (nSPS) is 16.2. The Morgan fingerprint density at radius 3 is 2.45 bits per heavy atom. The van der Waals surface area contributed by atoms with Gasteiger partial charge in [-0.1, -0.05) is 24.3 Å². The maximum Gasteiger partial charge on any atom is 0.264 e. The second-order valence-electron chi connectivity index (χ2n) is 13.9. The molecule has 0 saturated carbocycles. The number of carbonyl (C=O) groups excluding carboxylic acids is 2. The summed E-state index contributed by atoms with van der Waals surface area (Å²) < 4.78 is 24.5. The van der Waals surface area contributed by atoms with E-state index in [0.717, 1.165) is 29.7 Å². The Labute approximate surface area is 307 Å². The summed E-state index contributed by atoms with van der Waals surface area (Å²) in [6, 6.07) is 24.4. The Kier molecular flexibility index (Phi) is 9.05. The lowest BCUT2D eigenvalue weighted by Crippen LogP contribution is -2.52. The minimum atomic E-state index is -0.481. The van der Waals surface area contributed by atoms with Crippen LogP contribution in [-0.2, 0) is 31.8 Å². The number of amides is 2. The summed E-state index contributed by atoms with van der Waals surface area (Å²) in [7, 11) is 3.73. The molecule has 1 fully saturated rings. The predicted octanol–water partition coefficient (Wildman–Crippen LogP) is 6.61. The van der Waals surface area contributed by atoms with Crippen molar-refractivity contribution in [3.63, 3.8) is 0 Å². The number of pyridine rings is 1. The Balaban J connectivity index is 1.18. The zero-order valence-electron chi connectivity index (χ0n) is 30.0. The predicted molar refractivity (Wildman–Crippen MR) is 202 cm³/mol. The first-order valence-corrected chi connectivity index (χ1v) is 17.8. The second-order valence-corrected chi connectivity index (χ2v) is 13.9. The standard InChI is InChI=1S/C42H41FN6O4/c1-27-37(42(52)49(32-9-11-35(50)12-10-32)33-21-29-14-15-45(2)40(29)44-24-33)23-39(46(27)3)38-22-31(43)8-13-36(38)41(51)48-25-30-7-5-4-6-28(30)20-34(48)26-47-16-18-53-19-17-47/h4-15,21-24,34,50H,16-20,25-26H2,1-3H3/t34-/m0/s1. The van der Waals surface area contributed by atoms with Gasteiger partial charge in [-0.15, -0.1) is 0 Å². The summed E-state index contributed by atoms with van der Waals surface area (Å²) in [5, 5.41) is 10.9. The van der Waals surface area contributed by atoms with Crippen LogP contribution in [0.25, 0.3) is 22.3 Å². The van der Waals surface area contributed by atoms with E-state index in [1.807, 2.05) is 65.5 Å². The monoisotopic (exact) mass is 712 g/mol. The number of aryl methyl sites for hydroxylation is 1. The van der Waals surface area contributed by atoms with Gasteiger partial charge in [-0.3, -0.25) is 19.4 Å². The van der Waals surface area contributed by atoms with Crippen LogP contribution in [0, 0.1) is 12.7 Å². The zero-order valence-corrected chi connectivity index (χ0v) is 30.0. The molecule has 0 bridgehead atoms. The SMILES string of the molecule is Cc1c(C(=O)N(c2ccc(O)cc2)c2cnc3c(ccn3C)c2)cc(-c2cc(F)ccc2C(=O)N2Cc3ccccc3C[C@H]2CN2CCOCC2)n1C. The number of fused-ring (bicyclic) bond motifs is 2. The largest absolute Gasteiger partial charge is 0.508 e. The number of ether oxygens (including phenoxy) is 1. The molecule has 1 atom stereocenters. The number of hydrogen-bond acceptors (Lipinski definition) is 6. The molecule has 0 unspecified atom stereocenters. The van der Waals surface area contributed by atoms with Crippen molar-refractivity contribution in [3.05, 3.63) is 131 Å². The summed E-state index contributed by atoms with van der Waals surface area (Å²) in [6.07, 6.45) is 4.28. The molecular weight excluding hydrogens is 671 g/mol. The molecule has 1 saturated heterocycles. The van der Waals surface area contributed by atoms with Gasteiger partial charge in [0.05, 0.1) is 30.7 Å². The highest BCUT2D eigenvalue weighted by molar-refractivity contribution is 6.13. The number of benzene rings is 3. The fraction of sp³-hybridized carbons (Fsp3) is 0.262. The minimum Gasteiger partial charge on any atom is -0.508 e. The van der Waals surface area contributed by atoms with E-state index >= 15 is 4.39 Å². The topological polar surface area (TPSA) is 96.1 Å². The van der Waals surface area contributed by atoms with Crippen LogP contribution in [0.4, 0.5) is 15.8 Å². The molecule has 11 heteroatoms. The third-order valence-electron chi connectivity index (χ3n) is 10.7. The number of aromatic hydroxyl groups is 1. The van der Waals surface area contributed by atoms with Crippen molar-refractivity contribution in [1.82, 2.24) is 23.9 Å². The number of halogens is 1. The molecule has 10 nitrogen and oxygen atoms in total. The molecule has 1 N–H and O–H groups in total. The van der Waals surface area contributed by atoms with E-state index in [9.17, 15) is 14.7 Å². The highest BCUT2D eigenvalue weighted by atomic mass is 19.1. The van der Waals surface area contributed by atoms with Crippen molar-refractivity contribution in [2.45, 2.75) is 25.9 Å². The summed E-state index contributed by atoms with van der Waals surface area (Å²) >= 11 is 0. The Bertz CT molecular complexity index is 2340. The third kappa shape index (κ3) is 6.47. The van der Waals surface area contributed by atoms with Crippen LogP contribution in [0.5, 0.6) is 5.75 Å². The van der Waals surface area contributed by atoms with Crippen LogP contribution >= 0.6 is 0 Å². The molecule has 53 heavy (non-hydrogen) atoms. The van der Waals surface area contributed by atoms with E-state index in [2.05, 4.69) is 22.0 Å². The van der Waals surface area contributed by atoms with Crippen LogP contribution in [0.2, 0.25) is 0 Å². The summed E-state index contributed by atoms with van der Waals surface area (Å²) in [5.74, 6) is -0.934. The van der Waals surface area contributed by atoms with Gasteiger partial charge in [-0.05, 0) is 85.1 Å². The fourth-order valence-electron chi connectivity index (χ4n) is 7.68. The summed E-state index contributed by atoms with van der Waals surface area (Å²) in [6.45, 7) is 5.92. The van der Waals surface area contributed by atoms with Crippen LogP contribution in [-0.4, -0.2) is 79.7 Å². The minimum absolute atomic E-state index is 0.0728. The van der Waals surface area contributed by atoms with Gasteiger partial charge in [0.2, 0.25) is 0 Å². The lowest BCUT2D eigenvalue weighted by molar-refractivity contribution is 0.0193. The molecule has 270 valence electrons. The molecular formula is C42H41FN6O4. The molecule has 0 spiro atoms. The van der Waals surface area contributed by atoms with Crippen LogP contribution < -0.4 is 4.90 Å². The number of anilines is 2. The van der Waals surface area contributed by atoms with Gasteiger partial charge in [0.25, 0.3) is 11.8 Å². The average molecular weight is 713 g/mol. The van der Waals surface area contributed by atoms with Crippen molar-refractivity contribution in [1.29, 1.82) is 0 Å². The van der Waals surface area contributed by atoms with Gasteiger partial charge in [0.1, 0.15) is 17.2 Å². The smallest absolute Gasteiger partial charge is 0.264 e. The lowest BCUT2D eigenvalue weighted by Gasteiger charge is -2.40. The molecule has 2 amide bonds. The molecule has 2 aliphatic rings. The number of nitrogens with zero attached hydrogens (tertiary/aromatic N) is 6. The van der Waals surface area contributed by atoms with E-state index in [4.69, 9.17) is 4.74 Å². The molecule has 0 aliphatic carbocycles. The van der Waals surface area contributed by atoms with Crippen LogP contribution in [0.1, 0.15) is 37.5 Å². The first-order chi connectivity index (χ1) is 25.7. The highest BCUT2D eigenvalue weighted by Crippen LogP contribution is 2.36. The number of carbonyl (C=O) groups is 2. The third-order valence-corrected chi connectivity index (χ3v) is 10.7. The van der Waals surface area contributed by atoms with Gasteiger partial charge >= 0.3 is 0 Å². The molecule has 3 aromatic carbocycles. The van der Waals surface area contributed by atoms with Gasteiger partial charge in [-0.2, -0.15) is 0 Å². The molecule has 3 aromatic heterocycles. The molecule has 6 aromatic rings. The fourth-order valence-corrected chi connectivity index (χ4v) is 7.68. The molecule has 8 rings (SSSR count). The number of hydrogen-bond donors (Lipinski definition) is 1.